The predicted octanol–water partition coefficient (Wildman–Crippen LogP) is 1.65. The van der Waals surface area contributed by atoms with E-state index in [9.17, 15) is 13.2 Å². The van der Waals surface area contributed by atoms with Crippen molar-refractivity contribution in [2.75, 3.05) is 65.6 Å². The molecule has 0 N–H and O–H groups in total. The number of carbonyl (C=O) groups excluding carboxylic acids is 1. The third-order valence-electron chi connectivity index (χ3n) is 7.85. The Morgan fingerprint density at radius 2 is 1.74 bits per heavy atom. The van der Waals surface area contributed by atoms with Crippen LogP contribution >= 0.6 is 0 Å². The van der Waals surface area contributed by atoms with E-state index < -0.39 is 9.84 Å². The summed E-state index contributed by atoms with van der Waals surface area (Å²) >= 11 is 0. The van der Waals surface area contributed by atoms with Gasteiger partial charge in [-0.25, -0.2) is 8.42 Å². The lowest BCUT2D eigenvalue weighted by Gasteiger charge is -2.26. The maximum absolute atomic E-state index is 13.5. The lowest BCUT2D eigenvalue weighted by Crippen LogP contribution is -2.41. The fourth-order valence-corrected chi connectivity index (χ4v) is 7.54. The quantitative estimate of drug-likeness (QED) is 0.618. The Labute approximate surface area is 206 Å². The van der Waals surface area contributed by atoms with Crippen molar-refractivity contribution in [2.24, 2.45) is 0 Å². The number of fused-ring (bicyclic) bond motifs is 3. The number of hydrogen-bond donors (Lipinski definition) is 0. The van der Waals surface area contributed by atoms with Crippen molar-refractivity contribution in [3.8, 4) is 11.3 Å². The van der Waals surface area contributed by atoms with E-state index in [0.29, 0.717) is 42.3 Å². The molecular weight excluding hydrogens is 466 g/mol. The Balaban J connectivity index is 1.34. The third kappa shape index (κ3) is 4.30. The lowest BCUT2D eigenvalue weighted by molar-refractivity contribution is 0.0297. The molecule has 4 aliphatic heterocycles. The van der Waals surface area contributed by atoms with Crippen LogP contribution in [0.15, 0.2) is 29.2 Å². The second-order valence-corrected chi connectivity index (χ2v) is 12.0. The number of ether oxygens (including phenoxy) is 1. The van der Waals surface area contributed by atoms with Gasteiger partial charge in [0.2, 0.25) is 0 Å². The highest BCUT2D eigenvalue weighted by atomic mass is 32.2. The van der Waals surface area contributed by atoms with E-state index in [4.69, 9.17) is 9.84 Å². The molecule has 1 unspecified atom stereocenters. The minimum Gasteiger partial charge on any atom is -0.378 e. The molecule has 5 heterocycles. The van der Waals surface area contributed by atoms with Crippen molar-refractivity contribution in [1.82, 2.24) is 24.5 Å². The first kappa shape index (κ1) is 23.1. The first-order valence-electron chi connectivity index (χ1n) is 12.8. The van der Waals surface area contributed by atoms with Crippen molar-refractivity contribution < 1.29 is 17.9 Å². The molecule has 9 nitrogen and oxygen atoms in total. The Morgan fingerprint density at radius 3 is 2.54 bits per heavy atom. The summed E-state index contributed by atoms with van der Waals surface area (Å²) in [4.78, 5) is 20.6. The fraction of sp³-hybridized carbons (Fsp3) is 0.600. The van der Waals surface area contributed by atoms with Crippen molar-refractivity contribution in [3.63, 3.8) is 0 Å². The Bertz CT molecular complexity index is 1210. The smallest absolute Gasteiger partial charge is 0.274 e. The highest BCUT2D eigenvalue weighted by molar-refractivity contribution is 7.90. The van der Waals surface area contributed by atoms with Crippen LogP contribution in [0.3, 0.4) is 0 Å². The molecule has 0 spiro atoms. The van der Waals surface area contributed by atoms with Gasteiger partial charge in [0.15, 0.2) is 15.5 Å². The topological polar surface area (TPSA) is 88.0 Å². The average Bonchev–Trinajstić information content (AvgIpc) is 3.63. The Kier molecular flexibility index (Phi) is 6.16. The van der Waals surface area contributed by atoms with Gasteiger partial charge in [-0.2, -0.15) is 5.10 Å². The second kappa shape index (κ2) is 9.31. The van der Waals surface area contributed by atoms with E-state index in [0.717, 1.165) is 38.3 Å². The van der Waals surface area contributed by atoms with Crippen LogP contribution in [-0.4, -0.2) is 104 Å². The molecule has 10 heteroatoms. The van der Waals surface area contributed by atoms with Gasteiger partial charge >= 0.3 is 0 Å². The van der Waals surface area contributed by atoms with Crippen molar-refractivity contribution in [3.05, 3.63) is 35.5 Å². The predicted molar refractivity (Wildman–Crippen MR) is 131 cm³/mol. The maximum atomic E-state index is 13.5. The molecule has 1 atom stereocenters. The SMILES string of the molecule is O=C(c1nn(C2CCN(CCN3CCCC3)C2)c2c1CS(=O)(=O)c1ccccc1-2)N1CCOCC1. The highest BCUT2D eigenvalue weighted by Crippen LogP contribution is 2.42. The van der Waals surface area contributed by atoms with Gasteiger partial charge in [0, 0.05) is 50.4 Å². The highest BCUT2D eigenvalue weighted by Gasteiger charge is 2.39. The number of aromatic nitrogens is 2. The van der Waals surface area contributed by atoms with Crippen LogP contribution in [0.2, 0.25) is 0 Å². The number of morpholine rings is 1. The van der Waals surface area contributed by atoms with E-state index >= 15 is 0 Å². The molecule has 4 aliphatic rings. The number of likely N-dealkylation sites (tertiary alicyclic amines) is 2. The van der Waals surface area contributed by atoms with E-state index in [1.807, 2.05) is 16.8 Å². The van der Waals surface area contributed by atoms with Crippen LogP contribution in [0.5, 0.6) is 0 Å². The molecule has 6 rings (SSSR count). The van der Waals surface area contributed by atoms with Gasteiger partial charge in [-0.15, -0.1) is 0 Å². The van der Waals surface area contributed by atoms with Crippen LogP contribution in [0, 0.1) is 0 Å². The molecular formula is C25H33N5O4S. The Morgan fingerprint density at radius 1 is 1.00 bits per heavy atom. The Hall–Kier alpha value is -2.27. The molecule has 0 radical (unpaired) electrons. The van der Waals surface area contributed by atoms with Gasteiger partial charge in [0.25, 0.3) is 5.91 Å². The molecule has 0 aliphatic carbocycles. The third-order valence-corrected chi connectivity index (χ3v) is 9.54. The van der Waals surface area contributed by atoms with Gasteiger partial charge in [0.05, 0.1) is 35.6 Å². The molecule has 0 bridgehead atoms. The van der Waals surface area contributed by atoms with Crippen LogP contribution < -0.4 is 0 Å². The average molecular weight is 500 g/mol. The summed E-state index contributed by atoms with van der Waals surface area (Å²) in [5.41, 5.74) is 2.31. The standard InChI is InChI=1S/C25H33N5O4S/c31-25(29-13-15-34-16-14-29)23-21-18-35(32,33)22-6-2-1-5-20(22)24(21)30(26-23)19-7-10-28(17-19)12-11-27-8-3-4-9-27/h1-2,5-6,19H,3-4,7-18H2. The molecule has 35 heavy (non-hydrogen) atoms. The number of nitrogens with zero attached hydrogens (tertiary/aromatic N) is 5. The minimum absolute atomic E-state index is 0.113. The second-order valence-electron chi connectivity index (χ2n) is 10.1. The van der Waals surface area contributed by atoms with Crippen molar-refractivity contribution >= 4 is 15.7 Å². The molecule has 2 aromatic rings. The van der Waals surface area contributed by atoms with Crippen molar-refractivity contribution in [1.29, 1.82) is 0 Å². The zero-order valence-corrected chi connectivity index (χ0v) is 20.9. The van der Waals surface area contributed by atoms with E-state index in [2.05, 4.69) is 9.80 Å². The maximum Gasteiger partial charge on any atom is 0.274 e. The summed E-state index contributed by atoms with van der Waals surface area (Å²) in [6.07, 6.45) is 3.53. The van der Waals surface area contributed by atoms with Crippen LogP contribution in [0.1, 0.15) is 41.4 Å². The lowest BCUT2D eigenvalue weighted by atomic mass is 10.0. The van der Waals surface area contributed by atoms with Gasteiger partial charge in [-0.05, 0) is 38.4 Å². The zero-order valence-electron chi connectivity index (χ0n) is 20.1. The molecule has 3 fully saturated rings. The number of sulfone groups is 1. The molecule has 188 valence electrons. The van der Waals surface area contributed by atoms with Crippen molar-refractivity contribution in [2.45, 2.75) is 36.0 Å². The first-order chi connectivity index (χ1) is 17.0. The van der Waals surface area contributed by atoms with Gasteiger partial charge < -0.3 is 14.5 Å². The van der Waals surface area contributed by atoms with Gasteiger partial charge in [-0.1, -0.05) is 18.2 Å². The summed E-state index contributed by atoms with van der Waals surface area (Å²) in [5, 5.41) is 4.87. The number of benzene rings is 1. The summed E-state index contributed by atoms with van der Waals surface area (Å²) < 4.78 is 33.8. The minimum atomic E-state index is -3.55. The van der Waals surface area contributed by atoms with E-state index in [1.165, 1.54) is 25.9 Å². The monoisotopic (exact) mass is 499 g/mol. The molecule has 0 saturated carbocycles. The summed E-state index contributed by atoms with van der Waals surface area (Å²) in [6.45, 7) is 8.34. The van der Waals surface area contributed by atoms with E-state index in [1.54, 1.807) is 17.0 Å². The fourth-order valence-electron chi connectivity index (χ4n) is 5.95. The van der Waals surface area contributed by atoms with Crippen LogP contribution in [0.25, 0.3) is 11.3 Å². The molecule has 1 aromatic carbocycles. The van der Waals surface area contributed by atoms with E-state index in [-0.39, 0.29) is 23.4 Å². The summed E-state index contributed by atoms with van der Waals surface area (Å²) in [7, 11) is -3.55. The molecule has 1 aromatic heterocycles. The number of amides is 1. The van der Waals surface area contributed by atoms with Crippen LogP contribution in [-0.2, 0) is 20.3 Å². The molecule has 3 saturated heterocycles. The summed E-state index contributed by atoms with van der Waals surface area (Å²) in [5.74, 6) is -0.377. The number of carbonyl (C=O) groups is 1. The normalized spacial score (nSPS) is 24.5. The van der Waals surface area contributed by atoms with Gasteiger partial charge in [0.1, 0.15) is 0 Å². The summed E-state index contributed by atoms with van der Waals surface area (Å²) in [6, 6.07) is 7.26. The molecule has 1 amide bonds. The van der Waals surface area contributed by atoms with Gasteiger partial charge in [-0.3, -0.25) is 14.4 Å². The number of hydrogen-bond acceptors (Lipinski definition) is 7. The number of rotatable bonds is 5. The zero-order chi connectivity index (χ0) is 24.0. The van der Waals surface area contributed by atoms with Crippen LogP contribution in [0.4, 0.5) is 0 Å². The first-order valence-corrected chi connectivity index (χ1v) is 14.4. The largest absolute Gasteiger partial charge is 0.378 e.